The standard InChI is InChI=1S/C22H30F3N5O6/c1-29(9-7-27-20(34)22(23,24)25)8-6-26-17(32)5-4-14-12-30(21(35)28-19(14)33)18-11-15(31)16(36-18)10-13-2-3-13/h4-5,12-13,15-16,18,31H,2-3,6-11H2,1H3,(H,26,32)(H,27,34)(H,28,33,35)/b5-4+. The van der Waals surface area contributed by atoms with Gasteiger partial charge < -0.3 is 25.4 Å². The Bertz CT molecular complexity index is 1080. The van der Waals surface area contributed by atoms with Gasteiger partial charge in [-0.25, -0.2) is 4.79 Å². The van der Waals surface area contributed by atoms with Crippen molar-refractivity contribution in [3.05, 3.63) is 38.7 Å². The summed E-state index contributed by atoms with van der Waals surface area (Å²) < 4.78 is 43.5. The zero-order valence-electron chi connectivity index (χ0n) is 19.7. The molecular weight excluding hydrogens is 487 g/mol. The Hall–Kier alpha value is -2.97. The zero-order valence-corrected chi connectivity index (χ0v) is 19.7. The maximum Gasteiger partial charge on any atom is 0.471 e. The average Bonchev–Trinajstić information content (AvgIpc) is 3.53. The lowest BCUT2D eigenvalue weighted by Gasteiger charge is -2.17. The van der Waals surface area contributed by atoms with Crippen LogP contribution in [0.5, 0.6) is 0 Å². The summed E-state index contributed by atoms with van der Waals surface area (Å²) in [6.45, 7) is 0.406. The van der Waals surface area contributed by atoms with Crippen molar-refractivity contribution in [3.63, 3.8) is 0 Å². The van der Waals surface area contributed by atoms with Crippen LogP contribution in [0.3, 0.4) is 0 Å². The fourth-order valence-corrected chi connectivity index (χ4v) is 3.78. The number of carbonyl (C=O) groups excluding carboxylic acids is 2. The molecule has 3 unspecified atom stereocenters. The number of nitrogens with zero attached hydrogens (tertiary/aromatic N) is 2. The summed E-state index contributed by atoms with van der Waals surface area (Å²) in [5, 5.41) is 14.6. The maximum absolute atomic E-state index is 12.3. The van der Waals surface area contributed by atoms with Crippen molar-refractivity contribution in [2.75, 3.05) is 33.2 Å². The predicted octanol–water partition coefficient (Wildman–Crippen LogP) is -0.275. The summed E-state index contributed by atoms with van der Waals surface area (Å²) in [6, 6.07) is 0. The number of aliphatic hydroxyl groups excluding tert-OH is 1. The quantitative estimate of drug-likeness (QED) is 0.296. The van der Waals surface area contributed by atoms with Crippen molar-refractivity contribution in [2.24, 2.45) is 5.92 Å². The SMILES string of the molecule is CN(CCNC(=O)/C=C/c1cn(C2CC(O)C(CC3CC3)O2)c(=O)[nH]c1=O)CCNC(=O)C(F)(F)F. The molecule has 3 atom stereocenters. The largest absolute Gasteiger partial charge is 0.471 e. The fourth-order valence-electron chi connectivity index (χ4n) is 3.78. The van der Waals surface area contributed by atoms with Gasteiger partial charge in [0.05, 0.1) is 17.8 Å². The minimum Gasteiger partial charge on any atom is -0.390 e. The molecule has 1 saturated heterocycles. The molecule has 4 N–H and O–H groups in total. The van der Waals surface area contributed by atoms with Gasteiger partial charge in [0.15, 0.2) is 0 Å². The Morgan fingerprint density at radius 3 is 2.56 bits per heavy atom. The molecule has 11 nitrogen and oxygen atoms in total. The van der Waals surface area contributed by atoms with E-state index in [9.17, 15) is 37.5 Å². The molecule has 1 aliphatic heterocycles. The van der Waals surface area contributed by atoms with E-state index in [0.717, 1.165) is 25.3 Å². The number of halogens is 3. The van der Waals surface area contributed by atoms with E-state index >= 15 is 0 Å². The third-order valence-electron chi connectivity index (χ3n) is 6.02. The lowest BCUT2D eigenvalue weighted by Crippen LogP contribution is -2.41. The van der Waals surface area contributed by atoms with Gasteiger partial charge in [0.25, 0.3) is 5.56 Å². The van der Waals surface area contributed by atoms with Crippen LogP contribution >= 0.6 is 0 Å². The molecule has 1 saturated carbocycles. The Labute approximate surface area is 204 Å². The topological polar surface area (TPSA) is 146 Å². The Balaban J connectivity index is 1.47. The fraction of sp³-hybridized carbons (Fsp3) is 0.636. The molecule has 2 amide bonds. The third kappa shape index (κ3) is 8.03. The molecule has 200 valence electrons. The Morgan fingerprint density at radius 1 is 1.25 bits per heavy atom. The lowest BCUT2D eigenvalue weighted by molar-refractivity contribution is -0.173. The first-order valence-electron chi connectivity index (χ1n) is 11.6. The van der Waals surface area contributed by atoms with Crippen molar-refractivity contribution in [3.8, 4) is 0 Å². The molecule has 0 radical (unpaired) electrons. The van der Waals surface area contributed by atoms with E-state index in [1.807, 2.05) is 0 Å². The van der Waals surface area contributed by atoms with Crippen LogP contribution in [0.2, 0.25) is 0 Å². The predicted molar refractivity (Wildman–Crippen MR) is 122 cm³/mol. The monoisotopic (exact) mass is 517 g/mol. The number of aromatic nitrogens is 2. The number of carbonyl (C=O) groups is 2. The number of hydrogen-bond donors (Lipinski definition) is 4. The first-order chi connectivity index (χ1) is 16.9. The molecule has 2 aliphatic rings. The van der Waals surface area contributed by atoms with E-state index in [0.29, 0.717) is 12.5 Å². The summed E-state index contributed by atoms with van der Waals surface area (Å²) in [5.74, 6) is -2.00. The van der Waals surface area contributed by atoms with E-state index in [-0.39, 0.29) is 37.7 Å². The molecule has 36 heavy (non-hydrogen) atoms. The van der Waals surface area contributed by atoms with Crippen LogP contribution in [0.1, 0.15) is 37.5 Å². The van der Waals surface area contributed by atoms with Gasteiger partial charge in [-0.2, -0.15) is 13.2 Å². The molecule has 1 aromatic heterocycles. The molecular formula is C22H30F3N5O6. The van der Waals surface area contributed by atoms with Crippen LogP contribution in [-0.2, 0) is 14.3 Å². The van der Waals surface area contributed by atoms with Crippen molar-refractivity contribution in [1.82, 2.24) is 25.1 Å². The average molecular weight is 518 g/mol. The van der Waals surface area contributed by atoms with Gasteiger partial charge in [-0.1, -0.05) is 12.8 Å². The molecule has 2 heterocycles. The zero-order chi connectivity index (χ0) is 26.5. The minimum atomic E-state index is -4.93. The van der Waals surface area contributed by atoms with Crippen LogP contribution < -0.4 is 21.9 Å². The summed E-state index contributed by atoms with van der Waals surface area (Å²) in [5.41, 5.74) is -1.32. The van der Waals surface area contributed by atoms with Crippen molar-refractivity contribution in [2.45, 2.75) is 50.3 Å². The summed E-state index contributed by atoms with van der Waals surface area (Å²) >= 11 is 0. The first-order valence-corrected chi connectivity index (χ1v) is 11.6. The highest BCUT2D eigenvalue weighted by Crippen LogP contribution is 2.39. The number of likely N-dealkylation sites (N-methyl/N-ethyl adjacent to an activating group) is 1. The first kappa shape index (κ1) is 27.6. The summed E-state index contributed by atoms with van der Waals surface area (Å²) in [6.07, 6.45) is 0.0285. The smallest absolute Gasteiger partial charge is 0.390 e. The number of ether oxygens (including phenoxy) is 1. The molecule has 1 aliphatic carbocycles. The van der Waals surface area contributed by atoms with Crippen molar-refractivity contribution >= 4 is 17.9 Å². The van der Waals surface area contributed by atoms with E-state index in [2.05, 4.69) is 10.3 Å². The maximum atomic E-state index is 12.3. The minimum absolute atomic E-state index is 0.0472. The number of H-pyrrole nitrogens is 1. The third-order valence-corrected chi connectivity index (χ3v) is 6.02. The highest BCUT2D eigenvalue weighted by molar-refractivity contribution is 5.91. The Kier molecular flexibility index (Phi) is 9.08. The second-order valence-electron chi connectivity index (χ2n) is 9.04. The van der Waals surface area contributed by atoms with E-state index in [4.69, 9.17) is 4.74 Å². The number of hydrogen-bond acceptors (Lipinski definition) is 7. The van der Waals surface area contributed by atoms with Crippen LogP contribution in [0.4, 0.5) is 13.2 Å². The summed E-state index contributed by atoms with van der Waals surface area (Å²) in [4.78, 5) is 51.1. The molecule has 0 aromatic carbocycles. The summed E-state index contributed by atoms with van der Waals surface area (Å²) in [7, 11) is 1.61. The molecule has 2 fully saturated rings. The van der Waals surface area contributed by atoms with Crippen LogP contribution in [0, 0.1) is 5.92 Å². The van der Waals surface area contributed by atoms with E-state index in [1.165, 1.54) is 16.8 Å². The van der Waals surface area contributed by atoms with Crippen molar-refractivity contribution < 1.29 is 32.6 Å². The van der Waals surface area contributed by atoms with Crippen LogP contribution in [0.25, 0.3) is 6.08 Å². The molecule has 3 rings (SSSR count). The number of amides is 2. The lowest BCUT2D eigenvalue weighted by atomic mass is 10.1. The number of aliphatic hydroxyl groups is 1. The molecule has 14 heteroatoms. The van der Waals surface area contributed by atoms with Gasteiger partial charge in [-0.3, -0.25) is 23.9 Å². The van der Waals surface area contributed by atoms with Crippen molar-refractivity contribution in [1.29, 1.82) is 0 Å². The molecule has 0 bridgehead atoms. The van der Waals surface area contributed by atoms with Crippen LogP contribution in [-0.4, -0.2) is 83.0 Å². The van der Waals surface area contributed by atoms with E-state index in [1.54, 1.807) is 17.3 Å². The second kappa shape index (κ2) is 11.8. The number of alkyl halides is 3. The normalized spacial score (nSPS) is 22.3. The molecule has 1 aromatic rings. The van der Waals surface area contributed by atoms with Gasteiger partial charge in [0.1, 0.15) is 6.23 Å². The van der Waals surface area contributed by atoms with E-state index < -0.39 is 41.6 Å². The molecule has 0 spiro atoms. The van der Waals surface area contributed by atoms with Crippen LogP contribution in [0.15, 0.2) is 21.9 Å². The highest BCUT2D eigenvalue weighted by atomic mass is 19.4. The van der Waals surface area contributed by atoms with Gasteiger partial charge >= 0.3 is 17.8 Å². The number of aromatic amines is 1. The second-order valence-corrected chi connectivity index (χ2v) is 9.04. The Morgan fingerprint density at radius 2 is 1.92 bits per heavy atom. The van der Waals surface area contributed by atoms with Gasteiger partial charge in [0.2, 0.25) is 5.91 Å². The number of nitrogens with one attached hydrogen (secondary N) is 3. The van der Waals surface area contributed by atoms with Gasteiger partial charge in [-0.05, 0) is 25.5 Å². The number of rotatable bonds is 11. The van der Waals surface area contributed by atoms with Gasteiger partial charge in [-0.15, -0.1) is 0 Å². The highest BCUT2D eigenvalue weighted by Gasteiger charge is 2.39. The van der Waals surface area contributed by atoms with Gasteiger partial charge in [0, 0.05) is 44.9 Å².